The third kappa shape index (κ3) is 2.15. The molecule has 0 unspecified atom stereocenters. The molecule has 0 aliphatic carbocycles. The quantitative estimate of drug-likeness (QED) is 0.405. The normalized spacial score (nSPS) is 11.8. The van der Waals surface area contributed by atoms with Gasteiger partial charge in [-0.15, -0.1) is 0 Å². The summed E-state index contributed by atoms with van der Waals surface area (Å²) in [5.74, 6) is 0.972. The molecule has 116 valence electrons. The Morgan fingerprint density at radius 1 is 0.870 bits per heavy atom. The van der Waals surface area contributed by atoms with Crippen molar-refractivity contribution in [3.05, 3.63) is 53.6 Å². The van der Waals surface area contributed by atoms with E-state index in [-0.39, 0.29) is 0 Å². The maximum Gasteiger partial charge on any atom is 0.127 e. The van der Waals surface area contributed by atoms with E-state index in [0.717, 1.165) is 12.2 Å². The largest absolute Gasteiger partial charge is 0.496 e. The average molecular weight is 302 g/mol. The highest BCUT2D eigenvalue weighted by Crippen LogP contribution is 2.40. The van der Waals surface area contributed by atoms with Crippen LogP contribution in [0.4, 0.5) is 0 Å². The molecule has 23 heavy (non-hydrogen) atoms. The fourth-order valence-corrected chi connectivity index (χ4v) is 3.81. The van der Waals surface area contributed by atoms with Gasteiger partial charge >= 0.3 is 0 Å². The lowest BCUT2D eigenvalue weighted by Crippen LogP contribution is -1.92. The Morgan fingerprint density at radius 3 is 2.22 bits per heavy atom. The highest BCUT2D eigenvalue weighted by Gasteiger charge is 2.13. The van der Waals surface area contributed by atoms with Crippen LogP contribution < -0.4 is 4.74 Å². The van der Waals surface area contributed by atoms with Gasteiger partial charge in [-0.1, -0.05) is 43.7 Å². The maximum absolute atomic E-state index is 5.63. The van der Waals surface area contributed by atoms with E-state index in [0.29, 0.717) is 0 Å². The van der Waals surface area contributed by atoms with Gasteiger partial charge in [0.1, 0.15) is 5.75 Å². The number of unbranched alkanes of at least 4 members (excludes halogenated alkanes) is 1. The van der Waals surface area contributed by atoms with Crippen LogP contribution in [-0.4, -0.2) is 7.11 Å². The van der Waals surface area contributed by atoms with E-state index >= 15 is 0 Å². The summed E-state index contributed by atoms with van der Waals surface area (Å²) in [5, 5.41) is 7.97. The molecule has 0 saturated carbocycles. The van der Waals surface area contributed by atoms with Gasteiger partial charge in [-0.3, -0.25) is 0 Å². The molecule has 0 atom stereocenters. The summed E-state index contributed by atoms with van der Waals surface area (Å²) in [6.07, 6.45) is 3.65. The van der Waals surface area contributed by atoms with Crippen LogP contribution in [0.1, 0.15) is 30.9 Å². The Labute approximate surface area is 137 Å². The van der Waals surface area contributed by atoms with E-state index in [4.69, 9.17) is 4.74 Å². The molecule has 0 aliphatic rings. The molecule has 0 N–H and O–H groups in total. The van der Waals surface area contributed by atoms with Crippen molar-refractivity contribution in [1.82, 2.24) is 0 Å². The second-order valence-electron chi connectivity index (χ2n) is 6.52. The highest BCUT2D eigenvalue weighted by atomic mass is 16.5. The minimum Gasteiger partial charge on any atom is -0.496 e. The third-order valence-corrected chi connectivity index (χ3v) is 4.98. The SMILES string of the molecule is CCCCc1cc2ccc3c(C)cc(OC)c4ccc(c1)c2c34. The summed E-state index contributed by atoms with van der Waals surface area (Å²) < 4.78 is 5.63. The molecular weight excluding hydrogens is 280 g/mol. The summed E-state index contributed by atoms with van der Waals surface area (Å²) >= 11 is 0. The Kier molecular flexibility index (Phi) is 3.37. The van der Waals surface area contributed by atoms with E-state index in [1.807, 2.05) is 0 Å². The molecule has 0 heterocycles. The van der Waals surface area contributed by atoms with Gasteiger partial charge in [0.05, 0.1) is 7.11 Å². The van der Waals surface area contributed by atoms with Crippen molar-refractivity contribution in [1.29, 1.82) is 0 Å². The smallest absolute Gasteiger partial charge is 0.127 e. The van der Waals surface area contributed by atoms with Gasteiger partial charge in [-0.2, -0.15) is 0 Å². The summed E-state index contributed by atoms with van der Waals surface area (Å²) in [4.78, 5) is 0. The first-order valence-corrected chi connectivity index (χ1v) is 8.48. The van der Waals surface area contributed by atoms with Gasteiger partial charge in [0, 0.05) is 10.8 Å². The Hall–Kier alpha value is -2.28. The first-order valence-electron chi connectivity index (χ1n) is 8.48. The first kappa shape index (κ1) is 14.3. The van der Waals surface area contributed by atoms with Gasteiger partial charge in [0.25, 0.3) is 0 Å². The monoisotopic (exact) mass is 302 g/mol. The van der Waals surface area contributed by atoms with E-state index in [2.05, 4.69) is 56.3 Å². The van der Waals surface area contributed by atoms with E-state index < -0.39 is 0 Å². The predicted octanol–water partition coefficient (Wildman–Crippen LogP) is 6.24. The number of aryl methyl sites for hydroxylation is 2. The zero-order valence-corrected chi connectivity index (χ0v) is 14.1. The second kappa shape index (κ2) is 5.42. The van der Waals surface area contributed by atoms with Gasteiger partial charge in [0.15, 0.2) is 0 Å². The minimum absolute atomic E-state index is 0.972. The van der Waals surface area contributed by atoms with Crippen LogP contribution in [0.25, 0.3) is 32.3 Å². The molecule has 1 nitrogen and oxygen atoms in total. The molecule has 4 aromatic carbocycles. The standard InChI is InChI=1S/C22H22O/c1-4-5-6-15-12-16-7-9-18-14(2)11-20(23-3)19-10-8-17(13-15)21(16)22(18)19/h7-13H,4-6H2,1-3H3. The third-order valence-electron chi connectivity index (χ3n) is 4.98. The molecule has 0 bridgehead atoms. The van der Waals surface area contributed by atoms with Gasteiger partial charge in [-0.25, -0.2) is 0 Å². The van der Waals surface area contributed by atoms with Crippen molar-refractivity contribution in [2.75, 3.05) is 7.11 Å². The summed E-state index contributed by atoms with van der Waals surface area (Å²) in [6, 6.07) is 15.9. The zero-order chi connectivity index (χ0) is 16.0. The first-order chi connectivity index (χ1) is 11.2. The van der Waals surface area contributed by atoms with Crippen molar-refractivity contribution < 1.29 is 4.74 Å². The highest BCUT2D eigenvalue weighted by molar-refractivity contribution is 6.24. The fraction of sp³-hybridized carbons (Fsp3) is 0.273. The lowest BCUT2D eigenvalue weighted by molar-refractivity contribution is 0.419. The molecule has 0 aromatic heterocycles. The summed E-state index contributed by atoms with van der Waals surface area (Å²) in [6.45, 7) is 4.42. The van der Waals surface area contributed by atoms with E-state index in [1.54, 1.807) is 7.11 Å². The van der Waals surface area contributed by atoms with Crippen molar-refractivity contribution in [2.45, 2.75) is 33.1 Å². The van der Waals surface area contributed by atoms with Crippen LogP contribution in [0.3, 0.4) is 0 Å². The number of methoxy groups -OCH3 is 1. The number of ether oxygens (including phenoxy) is 1. The molecule has 0 saturated heterocycles. The molecule has 0 aliphatic heterocycles. The van der Waals surface area contributed by atoms with Gasteiger partial charge in [0.2, 0.25) is 0 Å². The number of hydrogen-bond acceptors (Lipinski definition) is 1. The molecule has 4 rings (SSSR count). The molecule has 0 fully saturated rings. The minimum atomic E-state index is 0.972. The number of benzene rings is 4. The molecular formula is C22H22O. The van der Waals surface area contributed by atoms with E-state index in [1.165, 1.54) is 56.3 Å². The summed E-state index contributed by atoms with van der Waals surface area (Å²) in [7, 11) is 1.76. The van der Waals surface area contributed by atoms with Crippen LogP contribution >= 0.6 is 0 Å². The lowest BCUT2D eigenvalue weighted by atomic mass is 9.90. The molecule has 4 aromatic rings. The van der Waals surface area contributed by atoms with Crippen molar-refractivity contribution >= 4 is 32.3 Å². The Bertz CT molecular complexity index is 979. The van der Waals surface area contributed by atoms with Crippen LogP contribution in [0.2, 0.25) is 0 Å². The number of hydrogen-bond donors (Lipinski definition) is 0. The van der Waals surface area contributed by atoms with Crippen LogP contribution in [-0.2, 0) is 6.42 Å². The Morgan fingerprint density at radius 2 is 1.57 bits per heavy atom. The molecule has 0 amide bonds. The maximum atomic E-state index is 5.63. The average Bonchev–Trinajstić information content (AvgIpc) is 2.58. The topological polar surface area (TPSA) is 9.23 Å². The van der Waals surface area contributed by atoms with Gasteiger partial charge < -0.3 is 4.74 Å². The molecule has 1 heteroatoms. The van der Waals surface area contributed by atoms with Crippen molar-refractivity contribution in [2.24, 2.45) is 0 Å². The predicted molar refractivity (Wildman–Crippen MR) is 100 cm³/mol. The number of rotatable bonds is 4. The van der Waals surface area contributed by atoms with Crippen LogP contribution in [0, 0.1) is 6.92 Å². The van der Waals surface area contributed by atoms with Crippen LogP contribution in [0.5, 0.6) is 5.75 Å². The fourth-order valence-electron chi connectivity index (χ4n) is 3.81. The molecule has 0 spiro atoms. The summed E-state index contributed by atoms with van der Waals surface area (Å²) in [5.41, 5.74) is 2.72. The molecule has 0 radical (unpaired) electrons. The zero-order valence-electron chi connectivity index (χ0n) is 14.1. The van der Waals surface area contributed by atoms with E-state index in [9.17, 15) is 0 Å². The van der Waals surface area contributed by atoms with Crippen molar-refractivity contribution in [3.8, 4) is 5.75 Å². The van der Waals surface area contributed by atoms with Crippen molar-refractivity contribution in [3.63, 3.8) is 0 Å². The van der Waals surface area contributed by atoms with Crippen LogP contribution in [0.15, 0.2) is 42.5 Å². The second-order valence-corrected chi connectivity index (χ2v) is 6.52. The van der Waals surface area contributed by atoms with Gasteiger partial charge in [-0.05, 0) is 64.6 Å². The Balaban J connectivity index is 2.11. The lowest BCUT2D eigenvalue weighted by Gasteiger charge is -2.16.